The Labute approximate surface area is 201 Å². The van der Waals surface area contributed by atoms with Gasteiger partial charge in [0.15, 0.2) is 11.5 Å². The molecule has 0 aromatic heterocycles. The minimum absolute atomic E-state index is 0.0256. The first-order chi connectivity index (χ1) is 16.8. The molecule has 182 valence electrons. The number of ether oxygens (including phenoxy) is 2. The maximum absolute atomic E-state index is 13.7. The third-order valence-electron chi connectivity index (χ3n) is 5.93. The van der Waals surface area contributed by atoms with E-state index in [1.807, 2.05) is 37.3 Å². The number of hydrogen-bond acceptors (Lipinski definition) is 4. The predicted octanol–water partition coefficient (Wildman–Crippen LogP) is 5.54. The van der Waals surface area contributed by atoms with Crippen molar-refractivity contribution in [2.24, 2.45) is 4.99 Å². The van der Waals surface area contributed by atoms with Crippen LogP contribution < -0.4 is 14.4 Å². The number of amides is 1. The van der Waals surface area contributed by atoms with Gasteiger partial charge in [-0.1, -0.05) is 48.5 Å². The number of fused-ring (bicyclic) bond motifs is 1. The van der Waals surface area contributed by atoms with Crippen LogP contribution in [-0.2, 0) is 17.4 Å². The van der Waals surface area contributed by atoms with Gasteiger partial charge in [-0.2, -0.15) is 13.2 Å². The van der Waals surface area contributed by atoms with Crippen molar-refractivity contribution in [3.8, 4) is 11.5 Å². The van der Waals surface area contributed by atoms with Crippen LogP contribution in [0.3, 0.4) is 0 Å². The number of likely N-dealkylation sites (N-methyl/N-ethyl adjacent to an activating group) is 1. The number of benzene rings is 3. The Bertz CT molecular complexity index is 1260. The number of carbonyl (C=O) groups excluding carboxylic acids is 1. The lowest BCUT2D eigenvalue weighted by Crippen LogP contribution is -2.38. The van der Waals surface area contributed by atoms with E-state index in [0.717, 1.165) is 17.7 Å². The Morgan fingerprint density at radius 1 is 0.943 bits per heavy atom. The Kier molecular flexibility index (Phi) is 6.82. The van der Waals surface area contributed by atoms with Gasteiger partial charge < -0.3 is 14.4 Å². The number of anilines is 1. The fourth-order valence-electron chi connectivity index (χ4n) is 4.24. The summed E-state index contributed by atoms with van der Waals surface area (Å²) >= 11 is 0. The number of methoxy groups -OCH3 is 2. The van der Waals surface area contributed by atoms with E-state index in [2.05, 4.69) is 0 Å². The van der Waals surface area contributed by atoms with E-state index in [4.69, 9.17) is 14.5 Å². The Morgan fingerprint density at radius 2 is 1.63 bits per heavy atom. The fraction of sp³-hybridized carbons (Fsp3) is 0.259. The quantitative estimate of drug-likeness (QED) is 0.464. The lowest BCUT2D eigenvalue weighted by Gasteiger charge is -2.25. The molecule has 0 bridgehead atoms. The third-order valence-corrected chi connectivity index (χ3v) is 5.93. The average molecular weight is 483 g/mol. The lowest BCUT2D eigenvalue weighted by molar-refractivity contribution is -0.137. The molecule has 1 aliphatic heterocycles. The zero-order valence-electron chi connectivity index (χ0n) is 19.6. The van der Waals surface area contributed by atoms with Crippen molar-refractivity contribution in [1.29, 1.82) is 0 Å². The molecule has 1 atom stereocenters. The molecule has 0 aliphatic carbocycles. The molecule has 1 heterocycles. The molecular formula is C27H25F3N2O3. The number of alkyl halides is 3. The molecule has 0 saturated carbocycles. The van der Waals surface area contributed by atoms with Crippen molar-refractivity contribution < 1.29 is 27.4 Å². The first kappa shape index (κ1) is 24.3. The maximum atomic E-state index is 13.7. The first-order valence-corrected chi connectivity index (χ1v) is 11.1. The van der Waals surface area contributed by atoms with E-state index in [0.29, 0.717) is 40.6 Å². The fourth-order valence-corrected chi connectivity index (χ4v) is 4.24. The monoisotopic (exact) mass is 482 g/mol. The number of halogens is 3. The van der Waals surface area contributed by atoms with E-state index < -0.39 is 17.8 Å². The number of aliphatic imine (C=N–C) groups is 1. The molecule has 5 nitrogen and oxygen atoms in total. The van der Waals surface area contributed by atoms with Gasteiger partial charge in [0.25, 0.3) is 5.91 Å². The van der Waals surface area contributed by atoms with Gasteiger partial charge in [0, 0.05) is 30.2 Å². The second-order valence-electron chi connectivity index (χ2n) is 8.07. The standard InChI is InChI=1S/C27H25F3N2O3/c1-4-32-22-16-24(35-3)23(34-2)15-20(22)25(18-10-6-5-7-11-18)31-21(26(32)33)14-17-9-8-12-19(13-17)27(28,29)30/h5-13,15-16,21H,4,14H2,1-3H3. The van der Waals surface area contributed by atoms with Crippen molar-refractivity contribution >= 4 is 17.3 Å². The number of rotatable bonds is 6. The summed E-state index contributed by atoms with van der Waals surface area (Å²) in [6.45, 7) is 2.19. The summed E-state index contributed by atoms with van der Waals surface area (Å²) in [6, 6.07) is 17.0. The second kappa shape index (κ2) is 9.82. The van der Waals surface area contributed by atoms with Crippen molar-refractivity contribution in [2.45, 2.75) is 25.6 Å². The highest BCUT2D eigenvalue weighted by molar-refractivity contribution is 6.20. The van der Waals surface area contributed by atoms with Gasteiger partial charge in [0.1, 0.15) is 6.04 Å². The van der Waals surface area contributed by atoms with Crippen LogP contribution in [0.4, 0.5) is 18.9 Å². The predicted molar refractivity (Wildman–Crippen MR) is 129 cm³/mol. The van der Waals surface area contributed by atoms with E-state index in [-0.39, 0.29) is 12.3 Å². The molecule has 35 heavy (non-hydrogen) atoms. The molecule has 0 saturated heterocycles. The molecule has 0 spiro atoms. The highest BCUT2D eigenvalue weighted by atomic mass is 19.4. The van der Waals surface area contributed by atoms with E-state index >= 15 is 0 Å². The third kappa shape index (κ3) is 4.87. The van der Waals surface area contributed by atoms with E-state index in [1.54, 1.807) is 23.1 Å². The number of carbonyl (C=O) groups is 1. The topological polar surface area (TPSA) is 51.1 Å². The highest BCUT2D eigenvalue weighted by Crippen LogP contribution is 2.39. The first-order valence-electron chi connectivity index (χ1n) is 11.1. The van der Waals surface area contributed by atoms with Crippen LogP contribution in [0.15, 0.2) is 71.7 Å². The normalized spacial score (nSPS) is 15.8. The summed E-state index contributed by atoms with van der Waals surface area (Å²) in [5, 5.41) is 0. The van der Waals surface area contributed by atoms with Gasteiger partial charge in [-0.25, -0.2) is 0 Å². The molecular weight excluding hydrogens is 457 g/mol. The van der Waals surface area contributed by atoms with Gasteiger partial charge >= 0.3 is 6.18 Å². The Morgan fingerprint density at radius 3 is 2.26 bits per heavy atom. The average Bonchev–Trinajstić information content (AvgIpc) is 2.97. The van der Waals surface area contributed by atoms with Gasteiger partial charge in [0.05, 0.1) is 31.2 Å². The van der Waals surface area contributed by atoms with Gasteiger partial charge in [-0.15, -0.1) is 0 Å². The molecule has 1 amide bonds. The molecule has 3 aromatic rings. The highest BCUT2D eigenvalue weighted by Gasteiger charge is 2.34. The van der Waals surface area contributed by atoms with Crippen LogP contribution in [0.5, 0.6) is 11.5 Å². The number of benzodiazepines with no additional fused rings is 1. The van der Waals surface area contributed by atoms with Crippen molar-refractivity contribution in [3.63, 3.8) is 0 Å². The van der Waals surface area contributed by atoms with Crippen LogP contribution in [0.1, 0.15) is 29.2 Å². The Hall–Kier alpha value is -3.81. The summed E-state index contributed by atoms with van der Waals surface area (Å²) < 4.78 is 50.8. The van der Waals surface area contributed by atoms with Gasteiger partial charge in [-0.05, 0) is 24.6 Å². The van der Waals surface area contributed by atoms with Crippen LogP contribution in [0, 0.1) is 0 Å². The summed E-state index contributed by atoms with van der Waals surface area (Å²) in [7, 11) is 3.04. The molecule has 1 unspecified atom stereocenters. The zero-order valence-corrected chi connectivity index (χ0v) is 19.6. The summed E-state index contributed by atoms with van der Waals surface area (Å²) in [5.41, 5.74) is 2.24. The Balaban J connectivity index is 1.89. The molecule has 0 fully saturated rings. The number of nitrogens with zero attached hydrogens (tertiary/aromatic N) is 2. The summed E-state index contributed by atoms with van der Waals surface area (Å²) in [4.78, 5) is 20.1. The van der Waals surface area contributed by atoms with Crippen molar-refractivity contribution in [2.75, 3.05) is 25.7 Å². The zero-order chi connectivity index (χ0) is 25.2. The number of hydrogen-bond donors (Lipinski definition) is 0. The molecule has 4 rings (SSSR count). The van der Waals surface area contributed by atoms with Crippen LogP contribution in [-0.4, -0.2) is 38.4 Å². The smallest absolute Gasteiger partial charge is 0.416 e. The van der Waals surface area contributed by atoms with E-state index in [1.165, 1.54) is 20.3 Å². The lowest BCUT2D eigenvalue weighted by atomic mass is 9.99. The van der Waals surface area contributed by atoms with Crippen LogP contribution in [0.25, 0.3) is 0 Å². The maximum Gasteiger partial charge on any atom is 0.416 e. The van der Waals surface area contributed by atoms with Crippen LogP contribution >= 0.6 is 0 Å². The SMILES string of the molecule is CCN1C(=O)C(Cc2cccc(C(F)(F)F)c2)N=C(c2ccccc2)c2cc(OC)c(OC)cc21. The largest absolute Gasteiger partial charge is 0.493 e. The molecule has 0 N–H and O–H groups in total. The van der Waals surface area contributed by atoms with E-state index in [9.17, 15) is 18.0 Å². The molecule has 8 heteroatoms. The molecule has 0 radical (unpaired) electrons. The van der Waals surface area contributed by atoms with Gasteiger partial charge in [-0.3, -0.25) is 9.79 Å². The van der Waals surface area contributed by atoms with Crippen molar-refractivity contribution in [1.82, 2.24) is 0 Å². The molecule has 1 aliphatic rings. The van der Waals surface area contributed by atoms with Crippen molar-refractivity contribution in [3.05, 3.63) is 89.0 Å². The second-order valence-corrected chi connectivity index (χ2v) is 8.07. The summed E-state index contributed by atoms with van der Waals surface area (Å²) in [6.07, 6.45) is -4.45. The summed E-state index contributed by atoms with van der Waals surface area (Å²) in [5.74, 6) is 0.639. The van der Waals surface area contributed by atoms with Gasteiger partial charge in [0.2, 0.25) is 0 Å². The molecule has 3 aromatic carbocycles. The minimum Gasteiger partial charge on any atom is -0.493 e. The van der Waals surface area contributed by atoms with Crippen LogP contribution in [0.2, 0.25) is 0 Å². The minimum atomic E-state index is -4.47.